The molecule has 1 aliphatic heterocycles. The number of benzene rings is 9. The zero-order valence-electron chi connectivity index (χ0n) is 36.9. The maximum absolute atomic E-state index is 10.1. The van der Waals surface area contributed by atoms with Gasteiger partial charge in [0.05, 0.1) is 16.8 Å². The van der Waals surface area contributed by atoms with E-state index in [1.807, 2.05) is 78.9 Å². The fourth-order valence-corrected chi connectivity index (χ4v) is 10.8. The lowest BCUT2D eigenvalue weighted by molar-refractivity contribution is 0.794. The lowest BCUT2D eigenvalue weighted by Gasteiger charge is -2.30. The molecule has 9 aromatic carbocycles. The van der Waals surface area contributed by atoms with E-state index >= 15 is 0 Å². The molecule has 2 N–H and O–H groups in total. The predicted molar refractivity (Wildman–Crippen MR) is 276 cm³/mol. The average Bonchev–Trinajstić information content (AvgIpc) is 3.89. The number of allylic oxidation sites excluding steroid dienone is 1. The van der Waals surface area contributed by atoms with Crippen LogP contribution in [0.3, 0.4) is 0 Å². The summed E-state index contributed by atoms with van der Waals surface area (Å²) >= 11 is 0. The number of nitrogens with one attached hydrogen (secondary N) is 2. The molecule has 10 aromatic rings. The van der Waals surface area contributed by atoms with Gasteiger partial charge in [0.25, 0.3) is 0 Å². The number of nitrogens with zero attached hydrogens (tertiary/aromatic N) is 3. The highest BCUT2D eigenvalue weighted by Crippen LogP contribution is 2.63. The molecule has 0 unspecified atom stereocenters. The van der Waals surface area contributed by atoms with Crippen molar-refractivity contribution in [3.8, 4) is 56.4 Å². The molecule has 5 heteroatoms. The molecule has 2 aliphatic carbocycles. The highest BCUT2D eigenvalue weighted by Gasteiger charge is 2.51. The van der Waals surface area contributed by atoms with Crippen LogP contribution < -0.4 is 5.32 Å². The highest BCUT2D eigenvalue weighted by atomic mass is 15.0. The first-order chi connectivity index (χ1) is 33.6. The Morgan fingerprint density at radius 3 is 1.44 bits per heavy atom. The maximum atomic E-state index is 10.1. The van der Waals surface area contributed by atoms with Crippen LogP contribution in [0.1, 0.15) is 50.1 Å². The second kappa shape index (κ2) is 15.8. The molecule has 0 fully saturated rings. The molecule has 0 saturated heterocycles. The molecule has 0 amide bonds. The Labute approximate surface area is 395 Å². The normalized spacial score (nSPS) is 14.1. The molecule has 13 rings (SSSR count). The van der Waals surface area contributed by atoms with Crippen molar-refractivity contribution >= 4 is 28.8 Å². The van der Waals surface area contributed by atoms with Crippen molar-refractivity contribution in [1.29, 1.82) is 5.41 Å². The summed E-state index contributed by atoms with van der Waals surface area (Å²) in [5.41, 5.74) is 20.0. The quantitative estimate of drug-likeness (QED) is 0.157. The molecule has 68 heavy (non-hydrogen) atoms. The lowest BCUT2D eigenvalue weighted by atomic mass is 9.70. The number of aromatic nitrogens is 3. The van der Waals surface area contributed by atoms with Crippen molar-refractivity contribution in [2.24, 2.45) is 0 Å². The zero-order chi connectivity index (χ0) is 45.2. The first-order valence-corrected chi connectivity index (χ1v) is 23.0. The van der Waals surface area contributed by atoms with Crippen LogP contribution in [0.4, 0.5) is 0 Å². The molecular formula is C63H41N5. The van der Waals surface area contributed by atoms with Crippen LogP contribution in [-0.2, 0) is 5.41 Å². The molecule has 0 saturated carbocycles. The first-order valence-electron chi connectivity index (χ1n) is 23.0. The van der Waals surface area contributed by atoms with Gasteiger partial charge in [0.2, 0.25) is 0 Å². The summed E-state index contributed by atoms with van der Waals surface area (Å²) in [5, 5.41) is 13.9. The zero-order valence-corrected chi connectivity index (χ0v) is 36.9. The van der Waals surface area contributed by atoms with Crippen LogP contribution in [-0.4, -0.2) is 20.7 Å². The first kappa shape index (κ1) is 39.3. The van der Waals surface area contributed by atoms with Crippen molar-refractivity contribution in [3.05, 3.63) is 281 Å². The Hall–Kier alpha value is -9.06. The van der Waals surface area contributed by atoms with E-state index in [2.05, 4.69) is 163 Å². The minimum absolute atomic E-state index is 0.378. The SMILES string of the molecule is N=C(/C(=C1\NC(c2ccccc2)=Cc2ccccc21)c1ccccc1)c1cccc(-c2nc(-c3ccccc3)nc(-c3ccc4c(c3)C3(c5ccccc5-c5ccccc53)c3ccccc3-4)n2)c1. The molecular weight excluding hydrogens is 827 g/mol. The summed E-state index contributed by atoms with van der Waals surface area (Å²) in [6, 6.07) is 80.5. The molecule has 0 atom stereocenters. The molecule has 1 spiro atoms. The Bertz CT molecular complexity index is 3660. The van der Waals surface area contributed by atoms with Crippen molar-refractivity contribution in [3.63, 3.8) is 0 Å². The number of hydrogen-bond acceptors (Lipinski definition) is 5. The summed E-state index contributed by atoms with van der Waals surface area (Å²) in [6.07, 6.45) is 2.19. The third-order valence-electron chi connectivity index (χ3n) is 13.8. The molecule has 318 valence electrons. The average molecular weight is 868 g/mol. The van der Waals surface area contributed by atoms with Crippen LogP contribution in [0.2, 0.25) is 0 Å². The van der Waals surface area contributed by atoms with Gasteiger partial charge in [0, 0.05) is 39.1 Å². The van der Waals surface area contributed by atoms with E-state index in [0.717, 1.165) is 61.5 Å². The van der Waals surface area contributed by atoms with Crippen LogP contribution >= 0.6 is 0 Å². The molecule has 2 heterocycles. The van der Waals surface area contributed by atoms with E-state index in [-0.39, 0.29) is 0 Å². The molecule has 1 aromatic heterocycles. The summed E-state index contributed by atoms with van der Waals surface area (Å²) < 4.78 is 0. The fourth-order valence-electron chi connectivity index (χ4n) is 10.8. The topological polar surface area (TPSA) is 74.6 Å². The van der Waals surface area contributed by atoms with E-state index in [1.54, 1.807) is 0 Å². The highest BCUT2D eigenvalue weighted by molar-refractivity contribution is 6.36. The molecule has 5 nitrogen and oxygen atoms in total. The molecule has 3 aliphatic rings. The summed E-state index contributed by atoms with van der Waals surface area (Å²) in [6.45, 7) is 0. The van der Waals surface area contributed by atoms with E-state index < -0.39 is 5.41 Å². The van der Waals surface area contributed by atoms with Crippen molar-refractivity contribution in [1.82, 2.24) is 20.3 Å². The van der Waals surface area contributed by atoms with Gasteiger partial charge >= 0.3 is 0 Å². The van der Waals surface area contributed by atoms with Gasteiger partial charge in [0.1, 0.15) is 0 Å². The Morgan fingerprint density at radius 1 is 0.368 bits per heavy atom. The van der Waals surface area contributed by atoms with Gasteiger partial charge < -0.3 is 5.32 Å². The van der Waals surface area contributed by atoms with Gasteiger partial charge in [-0.15, -0.1) is 0 Å². The minimum Gasteiger partial charge on any atom is -0.354 e. The Morgan fingerprint density at radius 2 is 0.824 bits per heavy atom. The number of fused-ring (bicyclic) bond motifs is 11. The maximum Gasteiger partial charge on any atom is 0.164 e. The summed E-state index contributed by atoms with van der Waals surface area (Å²) in [7, 11) is 0. The van der Waals surface area contributed by atoms with Gasteiger partial charge in [-0.1, -0.05) is 218 Å². The van der Waals surface area contributed by atoms with Gasteiger partial charge in [-0.3, -0.25) is 5.41 Å². The smallest absolute Gasteiger partial charge is 0.164 e. The predicted octanol–water partition coefficient (Wildman–Crippen LogP) is 14.3. The molecule has 0 bridgehead atoms. The van der Waals surface area contributed by atoms with Crippen LogP contribution in [0.25, 0.3) is 79.5 Å². The van der Waals surface area contributed by atoms with Crippen LogP contribution in [0.15, 0.2) is 231 Å². The van der Waals surface area contributed by atoms with Crippen molar-refractivity contribution in [2.45, 2.75) is 5.41 Å². The van der Waals surface area contributed by atoms with Crippen LogP contribution in [0, 0.1) is 5.41 Å². The summed E-state index contributed by atoms with van der Waals surface area (Å²) in [5.74, 6) is 1.69. The van der Waals surface area contributed by atoms with Crippen molar-refractivity contribution in [2.75, 3.05) is 0 Å². The van der Waals surface area contributed by atoms with Gasteiger partial charge in [0.15, 0.2) is 17.5 Å². The van der Waals surface area contributed by atoms with E-state index in [4.69, 9.17) is 15.0 Å². The number of rotatable bonds is 7. The molecule has 0 radical (unpaired) electrons. The van der Waals surface area contributed by atoms with Gasteiger partial charge in [-0.2, -0.15) is 0 Å². The monoisotopic (exact) mass is 867 g/mol. The third kappa shape index (κ3) is 6.17. The lowest BCUT2D eigenvalue weighted by Crippen LogP contribution is -2.25. The Balaban J connectivity index is 0.969. The fraction of sp³-hybridized carbons (Fsp3) is 0.0159. The van der Waals surface area contributed by atoms with Crippen molar-refractivity contribution < 1.29 is 0 Å². The summed E-state index contributed by atoms with van der Waals surface area (Å²) in [4.78, 5) is 15.7. The largest absolute Gasteiger partial charge is 0.354 e. The van der Waals surface area contributed by atoms with E-state index in [0.29, 0.717) is 23.2 Å². The number of hydrogen-bond donors (Lipinski definition) is 2. The second-order valence-electron chi connectivity index (χ2n) is 17.5. The van der Waals surface area contributed by atoms with E-state index in [1.165, 1.54) is 44.5 Å². The van der Waals surface area contributed by atoms with E-state index in [9.17, 15) is 5.41 Å². The second-order valence-corrected chi connectivity index (χ2v) is 17.5. The third-order valence-corrected chi connectivity index (χ3v) is 13.8. The minimum atomic E-state index is -0.502. The Kier molecular flexibility index (Phi) is 9.15. The van der Waals surface area contributed by atoms with Gasteiger partial charge in [-0.05, 0) is 79.4 Å². The van der Waals surface area contributed by atoms with Gasteiger partial charge in [-0.25, -0.2) is 15.0 Å². The van der Waals surface area contributed by atoms with Crippen LogP contribution in [0.5, 0.6) is 0 Å². The standard InChI is InChI=1S/C63H41N5/c64-58(57(41-21-6-2-7-22-41)59-47-28-11-10-25-43(47)39-56(65-59)40-19-4-1-5-20-40)44-26-18-27-45(37-44)61-66-60(42-23-8-3-9-24-42)67-62(68-61)46-35-36-51-50-31-14-17-34-54(50)63(55(51)38-46)52-32-15-12-29-48(52)49-30-13-16-33-53(49)63/h1-39,64-65H/b59-57-,64-58?.